The van der Waals surface area contributed by atoms with Crippen molar-refractivity contribution in [3.63, 3.8) is 0 Å². The van der Waals surface area contributed by atoms with Crippen molar-refractivity contribution in [2.45, 2.75) is 13.5 Å². The van der Waals surface area contributed by atoms with Crippen molar-refractivity contribution in [2.24, 2.45) is 0 Å². The summed E-state index contributed by atoms with van der Waals surface area (Å²) in [7, 11) is 0. The standard InChI is InChI=1S/C12H12OS/c1-9-5-12(14-8-9)11-4-2-3-10(6-11)7-13/h2-6,8,13H,7H2,1H3. The van der Waals surface area contributed by atoms with E-state index in [9.17, 15) is 0 Å². The van der Waals surface area contributed by atoms with Gasteiger partial charge in [0.25, 0.3) is 0 Å². The Morgan fingerprint density at radius 3 is 2.79 bits per heavy atom. The molecule has 0 unspecified atom stereocenters. The lowest BCUT2D eigenvalue weighted by atomic mass is 10.1. The molecule has 0 aliphatic carbocycles. The zero-order valence-corrected chi connectivity index (χ0v) is 8.84. The van der Waals surface area contributed by atoms with E-state index in [1.54, 1.807) is 11.3 Å². The lowest BCUT2D eigenvalue weighted by Gasteiger charge is -1.99. The fourth-order valence-electron chi connectivity index (χ4n) is 1.41. The number of aliphatic hydroxyl groups is 1. The van der Waals surface area contributed by atoms with E-state index >= 15 is 0 Å². The van der Waals surface area contributed by atoms with Crippen LogP contribution < -0.4 is 0 Å². The van der Waals surface area contributed by atoms with Gasteiger partial charge in [0.05, 0.1) is 6.61 Å². The van der Waals surface area contributed by atoms with Gasteiger partial charge >= 0.3 is 0 Å². The summed E-state index contributed by atoms with van der Waals surface area (Å²) in [6.07, 6.45) is 0. The molecule has 1 nitrogen and oxygen atoms in total. The molecule has 0 fully saturated rings. The second-order valence-electron chi connectivity index (χ2n) is 3.35. The molecule has 0 radical (unpaired) electrons. The van der Waals surface area contributed by atoms with Gasteiger partial charge < -0.3 is 5.11 Å². The fourth-order valence-corrected chi connectivity index (χ4v) is 2.30. The van der Waals surface area contributed by atoms with Gasteiger partial charge in [-0.05, 0) is 41.1 Å². The molecule has 0 bridgehead atoms. The zero-order valence-electron chi connectivity index (χ0n) is 8.03. The summed E-state index contributed by atoms with van der Waals surface area (Å²) in [4.78, 5) is 1.26. The third-order valence-electron chi connectivity index (χ3n) is 2.12. The van der Waals surface area contributed by atoms with Crippen LogP contribution in [-0.4, -0.2) is 5.11 Å². The normalized spacial score (nSPS) is 10.4. The van der Waals surface area contributed by atoms with Crippen LogP contribution in [0.4, 0.5) is 0 Å². The molecule has 72 valence electrons. The first-order chi connectivity index (χ1) is 6.79. The van der Waals surface area contributed by atoms with Crippen LogP contribution in [0.2, 0.25) is 0 Å². The smallest absolute Gasteiger partial charge is 0.0682 e. The minimum atomic E-state index is 0.109. The van der Waals surface area contributed by atoms with Crippen molar-refractivity contribution < 1.29 is 5.11 Å². The van der Waals surface area contributed by atoms with Crippen LogP contribution >= 0.6 is 11.3 Å². The van der Waals surface area contributed by atoms with Crippen LogP contribution in [0.1, 0.15) is 11.1 Å². The van der Waals surface area contributed by atoms with Gasteiger partial charge in [0.1, 0.15) is 0 Å². The summed E-state index contributed by atoms with van der Waals surface area (Å²) in [6, 6.07) is 10.2. The van der Waals surface area contributed by atoms with Gasteiger partial charge in [-0.3, -0.25) is 0 Å². The Morgan fingerprint density at radius 2 is 2.14 bits per heavy atom. The van der Waals surface area contributed by atoms with E-state index in [2.05, 4.69) is 24.4 Å². The Balaban J connectivity index is 2.41. The van der Waals surface area contributed by atoms with Gasteiger partial charge in [-0.15, -0.1) is 11.3 Å². The summed E-state index contributed by atoms with van der Waals surface area (Å²) < 4.78 is 0. The van der Waals surface area contributed by atoms with Crippen LogP contribution in [0.15, 0.2) is 35.7 Å². The average molecular weight is 204 g/mol. The molecule has 1 heterocycles. The molecule has 1 N–H and O–H groups in total. The molecular weight excluding hydrogens is 192 g/mol. The number of aliphatic hydroxyl groups excluding tert-OH is 1. The Kier molecular flexibility index (Phi) is 2.66. The highest BCUT2D eigenvalue weighted by molar-refractivity contribution is 7.13. The number of aryl methyl sites for hydroxylation is 1. The Morgan fingerprint density at radius 1 is 1.29 bits per heavy atom. The minimum Gasteiger partial charge on any atom is -0.392 e. The summed E-state index contributed by atoms with van der Waals surface area (Å²) >= 11 is 1.74. The molecule has 2 heteroatoms. The number of benzene rings is 1. The predicted octanol–water partition coefficient (Wildman–Crippen LogP) is 3.22. The first-order valence-corrected chi connectivity index (χ1v) is 5.43. The highest BCUT2D eigenvalue weighted by atomic mass is 32.1. The van der Waals surface area contributed by atoms with Crippen molar-refractivity contribution in [1.82, 2.24) is 0 Å². The highest BCUT2D eigenvalue weighted by Crippen LogP contribution is 2.27. The second kappa shape index (κ2) is 3.95. The Hall–Kier alpha value is -1.12. The number of thiophene rings is 1. The van der Waals surface area contributed by atoms with Gasteiger partial charge in [-0.1, -0.05) is 18.2 Å². The van der Waals surface area contributed by atoms with Crippen molar-refractivity contribution in [2.75, 3.05) is 0 Å². The molecule has 0 saturated heterocycles. The molecule has 0 spiro atoms. The van der Waals surface area contributed by atoms with Crippen LogP contribution in [0.5, 0.6) is 0 Å². The summed E-state index contributed by atoms with van der Waals surface area (Å²) in [6.45, 7) is 2.20. The predicted molar refractivity (Wildman–Crippen MR) is 60.4 cm³/mol. The molecule has 0 aliphatic rings. The summed E-state index contributed by atoms with van der Waals surface area (Å²) in [5.74, 6) is 0. The van der Waals surface area contributed by atoms with Gasteiger partial charge in [0, 0.05) is 4.88 Å². The van der Waals surface area contributed by atoms with Gasteiger partial charge in [0.15, 0.2) is 0 Å². The second-order valence-corrected chi connectivity index (χ2v) is 4.26. The van der Waals surface area contributed by atoms with E-state index < -0.39 is 0 Å². The van der Waals surface area contributed by atoms with Crippen LogP contribution in [-0.2, 0) is 6.61 Å². The van der Waals surface area contributed by atoms with E-state index in [1.807, 2.05) is 18.2 Å². The van der Waals surface area contributed by atoms with Crippen molar-refractivity contribution in [3.05, 3.63) is 46.8 Å². The third-order valence-corrected chi connectivity index (χ3v) is 3.22. The number of hydrogen-bond donors (Lipinski definition) is 1. The first kappa shape index (κ1) is 9.44. The molecule has 14 heavy (non-hydrogen) atoms. The van der Waals surface area contributed by atoms with Crippen molar-refractivity contribution >= 4 is 11.3 Å². The molecular formula is C12H12OS. The maximum absolute atomic E-state index is 9.02. The van der Waals surface area contributed by atoms with Gasteiger partial charge in [0.2, 0.25) is 0 Å². The lowest BCUT2D eigenvalue weighted by molar-refractivity contribution is 0.282. The largest absolute Gasteiger partial charge is 0.392 e. The van der Waals surface area contributed by atoms with Gasteiger partial charge in [-0.25, -0.2) is 0 Å². The van der Waals surface area contributed by atoms with Crippen molar-refractivity contribution in [1.29, 1.82) is 0 Å². The Bertz CT molecular complexity index is 431. The van der Waals surface area contributed by atoms with Gasteiger partial charge in [-0.2, -0.15) is 0 Å². The number of rotatable bonds is 2. The molecule has 1 aromatic heterocycles. The summed E-state index contributed by atoms with van der Waals surface area (Å²) in [5, 5.41) is 11.2. The van der Waals surface area contributed by atoms with Crippen LogP contribution in [0.25, 0.3) is 10.4 Å². The minimum absolute atomic E-state index is 0.109. The molecule has 0 saturated carbocycles. The molecule has 1 aromatic carbocycles. The van der Waals surface area contributed by atoms with E-state index in [0.29, 0.717) is 0 Å². The first-order valence-electron chi connectivity index (χ1n) is 4.55. The quantitative estimate of drug-likeness (QED) is 0.796. The average Bonchev–Trinajstić information content (AvgIpc) is 2.65. The molecule has 2 aromatic rings. The van der Waals surface area contributed by atoms with E-state index in [0.717, 1.165) is 5.56 Å². The zero-order chi connectivity index (χ0) is 9.97. The SMILES string of the molecule is Cc1csc(-c2cccc(CO)c2)c1. The highest BCUT2D eigenvalue weighted by Gasteiger charge is 2.00. The molecule has 2 rings (SSSR count). The maximum Gasteiger partial charge on any atom is 0.0682 e. The maximum atomic E-state index is 9.02. The topological polar surface area (TPSA) is 20.2 Å². The van der Waals surface area contributed by atoms with Crippen LogP contribution in [0.3, 0.4) is 0 Å². The fraction of sp³-hybridized carbons (Fsp3) is 0.167. The summed E-state index contributed by atoms with van der Waals surface area (Å²) in [5.41, 5.74) is 3.45. The van der Waals surface area contributed by atoms with Crippen molar-refractivity contribution in [3.8, 4) is 10.4 Å². The molecule has 0 atom stereocenters. The van der Waals surface area contributed by atoms with Crippen LogP contribution in [0, 0.1) is 6.92 Å². The van der Waals surface area contributed by atoms with E-state index in [4.69, 9.17) is 5.11 Å². The third kappa shape index (κ3) is 1.86. The molecule has 0 amide bonds. The monoisotopic (exact) mass is 204 g/mol. The number of hydrogen-bond acceptors (Lipinski definition) is 2. The van der Waals surface area contributed by atoms with E-state index in [-0.39, 0.29) is 6.61 Å². The molecule has 0 aliphatic heterocycles. The van der Waals surface area contributed by atoms with E-state index in [1.165, 1.54) is 16.0 Å². The Labute approximate surface area is 87.7 Å². The lowest BCUT2D eigenvalue weighted by Crippen LogP contribution is -1.82.